The molecule has 2 aromatic rings. The van der Waals surface area contributed by atoms with Gasteiger partial charge in [0.25, 0.3) is 11.8 Å². The van der Waals surface area contributed by atoms with Crippen LogP contribution in [0.1, 0.15) is 60.4 Å². The Morgan fingerprint density at radius 2 is 1.83 bits per heavy atom. The molecule has 3 atom stereocenters. The third kappa shape index (κ3) is 5.47. The van der Waals surface area contributed by atoms with Crippen molar-refractivity contribution in [1.29, 1.82) is 0 Å². The van der Waals surface area contributed by atoms with E-state index in [0.717, 1.165) is 19.3 Å². The number of esters is 1. The van der Waals surface area contributed by atoms with Crippen molar-refractivity contribution in [2.24, 2.45) is 5.92 Å². The maximum absolute atomic E-state index is 12.4. The van der Waals surface area contributed by atoms with Gasteiger partial charge < -0.3 is 19.8 Å². The normalized spacial score (nSPS) is 19.8. The van der Waals surface area contributed by atoms with Gasteiger partial charge in [0.2, 0.25) is 0 Å². The Bertz CT molecular complexity index is 845. The Labute approximate surface area is 169 Å². The lowest BCUT2D eigenvalue weighted by Gasteiger charge is -2.30. The molecule has 2 amide bonds. The van der Waals surface area contributed by atoms with Crippen LogP contribution >= 0.6 is 0 Å². The summed E-state index contributed by atoms with van der Waals surface area (Å²) in [5, 5.41) is 5.67. The molecule has 0 bridgehead atoms. The topological polar surface area (TPSA) is 97.6 Å². The molecule has 1 aliphatic rings. The Hall–Kier alpha value is -3.09. The van der Waals surface area contributed by atoms with Gasteiger partial charge in [0.1, 0.15) is 0 Å². The average Bonchev–Trinajstić information content (AvgIpc) is 3.25. The number of carbonyl (C=O) groups is 3. The molecule has 1 aromatic heterocycles. The van der Waals surface area contributed by atoms with Crippen molar-refractivity contribution in [1.82, 2.24) is 5.32 Å². The van der Waals surface area contributed by atoms with Gasteiger partial charge in [-0.15, -0.1) is 0 Å². The average molecular weight is 398 g/mol. The molecule has 0 radical (unpaired) electrons. The zero-order valence-electron chi connectivity index (χ0n) is 16.6. The quantitative estimate of drug-likeness (QED) is 0.722. The third-order valence-electron chi connectivity index (χ3n) is 5.22. The largest absolute Gasteiger partial charge is 0.459 e. The molecule has 7 nitrogen and oxygen atoms in total. The summed E-state index contributed by atoms with van der Waals surface area (Å²) in [7, 11) is 0. The molecule has 0 aliphatic heterocycles. The monoisotopic (exact) mass is 398 g/mol. The molecule has 1 aromatic carbocycles. The fourth-order valence-electron chi connectivity index (χ4n) is 3.40. The molecule has 7 heteroatoms. The lowest BCUT2D eigenvalue weighted by atomic mass is 9.86. The van der Waals surface area contributed by atoms with Crippen LogP contribution in [0.5, 0.6) is 0 Å². The Morgan fingerprint density at radius 1 is 1.10 bits per heavy atom. The maximum Gasteiger partial charge on any atom is 0.338 e. The lowest BCUT2D eigenvalue weighted by Crippen LogP contribution is -2.45. The number of ether oxygens (including phenoxy) is 1. The summed E-state index contributed by atoms with van der Waals surface area (Å²) in [6.07, 6.45) is 4.89. The van der Waals surface area contributed by atoms with Crippen molar-refractivity contribution in [3.63, 3.8) is 0 Å². The van der Waals surface area contributed by atoms with Gasteiger partial charge in [0.15, 0.2) is 11.9 Å². The number of anilines is 1. The zero-order valence-corrected chi connectivity index (χ0v) is 16.6. The van der Waals surface area contributed by atoms with Gasteiger partial charge in [-0.3, -0.25) is 9.59 Å². The SMILES string of the molecule is C[C@@H]1CCCC[C@H]1NC(=O)[C@@H](C)OC(=O)c1ccc(NC(=O)c2ccco2)cc1. The van der Waals surface area contributed by atoms with Crippen LogP contribution in [0.15, 0.2) is 47.1 Å². The Kier molecular flexibility index (Phi) is 6.69. The number of rotatable bonds is 6. The first kappa shape index (κ1) is 20.6. The summed E-state index contributed by atoms with van der Waals surface area (Å²) in [6.45, 7) is 3.70. The highest BCUT2D eigenvalue weighted by molar-refractivity contribution is 6.02. The van der Waals surface area contributed by atoms with E-state index < -0.39 is 12.1 Å². The van der Waals surface area contributed by atoms with Crippen LogP contribution in [0.3, 0.4) is 0 Å². The van der Waals surface area contributed by atoms with E-state index in [-0.39, 0.29) is 23.6 Å². The minimum Gasteiger partial charge on any atom is -0.459 e. The van der Waals surface area contributed by atoms with E-state index >= 15 is 0 Å². The second-order valence-corrected chi connectivity index (χ2v) is 7.43. The predicted octanol–water partition coefficient (Wildman–Crippen LogP) is 3.77. The number of hydrogen-bond donors (Lipinski definition) is 2. The van der Waals surface area contributed by atoms with Gasteiger partial charge in [-0.25, -0.2) is 4.79 Å². The molecule has 2 N–H and O–H groups in total. The van der Waals surface area contributed by atoms with Crippen molar-refractivity contribution >= 4 is 23.5 Å². The summed E-state index contributed by atoms with van der Waals surface area (Å²) >= 11 is 0. The maximum atomic E-state index is 12.4. The van der Waals surface area contributed by atoms with E-state index in [4.69, 9.17) is 9.15 Å². The van der Waals surface area contributed by atoms with Crippen LogP contribution in [-0.4, -0.2) is 29.9 Å². The fourth-order valence-corrected chi connectivity index (χ4v) is 3.40. The van der Waals surface area contributed by atoms with Crippen molar-refractivity contribution in [2.75, 3.05) is 5.32 Å². The van der Waals surface area contributed by atoms with E-state index in [1.165, 1.54) is 24.8 Å². The molecule has 1 fully saturated rings. The number of nitrogens with one attached hydrogen (secondary N) is 2. The number of benzene rings is 1. The smallest absolute Gasteiger partial charge is 0.338 e. The van der Waals surface area contributed by atoms with Crippen LogP contribution in [0.4, 0.5) is 5.69 Å². The molecule has 29 heavy (non-hydrogen) atoms. The molecule has 154 valence electrons. The summed E-state index contributed by atoms with van der Waals surface area (Å²) in [4.78, 5) is 36.7. The second kappa shape index (κ2) is 9.41. The van der Waals surface area contributed by atoms with Gasteiger partial charge in [-0.2, -0.15) is 0 Å². The first-order valence-electron chi connectivity index (χ1n) is 9.90. The summed E-state index contributed by atoms with van der Waals surface area (Å²) in [5.74, 6) is -0.625. The van der Waals surface area contributed by atoms with Crippen molar-refractivity contribution in [2.45, 2.75) is 51.7 Å². The van der Waals surface area contributed by atoms with Crippen LogP contribution in [0.2, 0.25) is 0 Å². The number of carbonyl (C=O) groups excluding carboxylic acids is 3. The molecular weight excluding hydrogens is 372 g/mol. The Morgan fingerprint density at radius 3 is 2.48 bits per heavy atom. The standard InChI is InChI=1S/C22H26N2O5/c1-14-6-3-4-7-18(14)24-20(25)15(2)29-22(27)16-9-11-17(12-10-16)23-21(26)19-8-5-13-28-19/h5,8-15,18H,3-4,6-7H2,1-2H3,(H,23,26)(H,24,25)/t14-,15-,18-/m1/s1. The van der Waals surface area contributed by atoms with Gasteiger partial charge in [0, 0.05) is 11.7 Å². The van der Waals surface area contributed by atoms with E-state index in [1.54, 1.807) is 31.2 Å². The predicted molar refractivity (Wildman–Crippen MR) is 108 cm³/mol. The summed E-state index contributed by atoms with van der Waals surface area (Å²) < 4.78 is 10.3. The van der Waals surface area contributed by atoms with E-state index in [2.05, 4.69) is 17.6 Å². The summed E-state index contributed by atoms with van der Waals surface area (Å²) in [5.41, 5.74) is 0.812. The van der Waals surface area contributed by atoms with Crippen molar-refractivity contribution < 1.29 is 23.5 Å². The van der Waals surface area contributed by atoms with Crippen LogP contribution in [-0.2, 0) is 9.53 Å². The second-order valence-electron chi connectivity index (χ2n) is 7.43. The molecule has 0 saturated heterocycles. The van der Waals surface area contributed by atoms with E-state index in [1.807, 2.05) is 0 Å². The highest BCUT2D eigenvalue weighted by atomic mass is 16.5. The third-order valence-corrected chi connectivity index (χ3v) is 5.22. The van der Waals surface area contributed by atoms with E-state index in [9.17, 15) is 14.4 Å². The number of amides is 2. The minimum absolute atomic E-state index is 0.134. The highest BCUT2D eigenvalue weighted by Crippen LogP contribution is 2.24. The number of hydrogen-bond acceptors (Lipinski definition) is 5. The molecule has 1 saturated carbocycles. The number of furan rings is 1. The summed E-state index contributed by atoms with van der Waals surface area (Å²) in [6, 6.07) is 9.57. The van der Waals surface area contributed by atoms with Crippen LogP contribution in [0.25, 0.3) is 0 Å². The van der Waals surface area contributed by atoms with Crippen molar-refractivity contribution in [3.05, 3.63) is 54.0 Å². The van der Waals surface area contributed by atoms with Crippen LogP contribution < -0.4 is 10.6 Å². The molecule has 0 spiro atoms. The van der Waals surface area contributed by atoms with Gasteiger partial charge >= 0.3 is 5.97 Å². The van der Waals surface area contributed by atoms with Gasteiger partial charge in [-0.05, 0) is 62.1 Å². The first-order chi connectivity index (χ1) is 13.9. The fraction of sp³-hybridized carbons (Fsp3) is 0.409. The van der Waals surface area contributed by atoms with Crippen LogP contribution in [0, 0.1) is 5.92 Å². The van der Waals surface area contributed by atoms with Crippen molar-refractivity contribution in [3.8, 4) is 0 Å². The highest BCUT2D eigenvalue weighted by Gasteiger charge is 2.26. The lowest BCUT2D eigenvalue weighted by molar-refractivity contribution is -0.130. The Balaban J connectivity index is 1.51. The minimum atomic E-state index is -0.880. The molecule has 0 unspecified atom stereocenters. The van der Waals surface area contributed by atoms with Gasteiger partial charge in [0.05, 0.1) is 11.8 Å². The first-order valence-corrected chi connectivity index (χ1v) is 9.90. The molecule has 1 aliphatic carbocycles. The molecule has 1 heterocycles. The van der Waals surface area contributed by atoms with Gasteiger partial charge in [-0.1, -0.05) is 19.8 Å². The molecular formula is C22H26N2O5. The van der Waals surface area contributed by atoms with E-state index in [0.29, 0.717) is 17.2 Å². The molecule has 3 rings (SSSR count). The zero-order chi connectivity index (χ0) is 20.8.